The Morgan fingerprint density at radius 3 is 2.61 bits per heavy atom. The van der Waals surface area contributed by atoms with Gasteiger partial charge in [-0.15, -0.1) is 0 Å². The van der Waals surface area contributed by atoms with Crippen LogP contribution in [-0.2, 0) is 4.79 Å². The Balaban J connectivity index is 1.42. The van der Waals surface area contributed by atoms with Crippen LogP contribution < -0.4 is 5.73 Å². The largest absolute Gasteiger partial charge is 0.369 e. The molecular formula is C15H17NOSi. The van der Waals surface area contributed by atoms with E-state index in [-0.39, 0.29) is 19.7 Å². The molecule has 6 saturated carbocycles. The first-order valence-electron chi connectivity index (χ1n) is 7.22. The number of amides is 1. The molecule has 0 radical (unpaired) electrons. The summed E-state index contributed by atoms with van der Waals surface area (Å²) in [6.45, 7) is 4.60. The molecule has 0 aromatic carbocycles. The first-order valence-corrected chi connectivity index (χ1v) is 9.00. The van der Waals surface area contributed by atoms with Gasteiger partial charge < -0.3 is 5.73 Å². The van der Waals surface area contributed by atoms with E-state index in [1.54, 1.807) is 11.1 Å². The van der Waals surface area contributed by atoms with E-state index in [9.17, 15) is 4.79 Å². The van der Waals surface area contributed by atoms with Gasteiger partial charge in [0.05, 0.1) is 5.41 Å². The molecule has 2 N–H and O–H groups in total. The van der Waals surface area contributed by atoms with Crippen LogP contribution in [0.25, 0.3) is 0 Å². The molecule has 0 aromatic rings. The maximum absolute atomic E-state index is 11.7. The second-order valence-electron chi connectivity index (χ2n) is 7.72. The Kier molecular flexibility index (Phi) is 0.954. The second kappa shape index (κ2) is 1.86. The van der Waals surface area contributed by atoms with Crippen LogP contribution in [0.15, 0.2) is 11.1 Å². The molecule has 6 unspecified atom stereocenters. The zero-order valence-electron chi connectivity index (χ0n) is 10.8. The Hall–Kier alpha value is -0.703. The molecule has 6 fully saturated rings. The Bertz CT molecular complexity index is 678. The van der Waals surface area contributed by atoms with Gasteiger partial charge in [0, 0.05) is 13.8 Å². The fraction of sp³-hybridized carbons (Fsp3) is 0.733. The summed E-state index contributed by atoms with van der Waals surface area (Å²) in [6.07, 6.45) is 2.45. The molecule has 7 aliphatic rings. The number of carbonyl (C=O) groups is 1. The third-order valence-corrected chi connectivity index (χ3v) is 11.9. The molecule has 0 saturated heterocycles. The number of carbonyl (C=O) groups excluding carboxylic acids is 1. The lowest BCUT2D eigenvalue weighted by Crippen LogP contribution is -2.43. The lowest BCUT2D eigenvalue weighted by molar-refractivity contribution is -0.128. The van der Waals surface area contributed by atoms with E-state index in [2.05, 4.69) is 19.5 Å². The summed E-state index contributed by atoms with van der Waals surface area (Å²) in [7, 11) is -0.313. The SMILES string of the molecule is CC1=C(C)C[Si](C23CCC4(C(N)=O)C5C46C2C536)=C1. The Labute approximate surface area is 108 Å². The van der Waals surface area contributed by atoms with Crippen molar-refractivity contribution in [3.8, 4) is 0 Å². The van der Waals surface area contributed by atoms with E-state index >= 15 is 0 Å². The average Bonchev–Trinajstić information content (AvgIpc) is 3.22. The van der Waals surface area contributed by atoms with Crippen LogP contribution in [-0.4, -0.2) is 20.0 Å². The maximum Gasteiger partial charge on any atom is 0.224 e. The highest BCUT2D eigenvalue weighted by Gasteiger charge is 3.34. The summed E-state index contributed by atoms with van der Waals surface area (Å²) in [4.78, 5) is 11.7. The quantitative estimate of drug-likeness (QED) is 0.746. The van der Waals surface area contributed by atoms with E-state index in [0.29, 0.717) is 10.8 Å². The van der Waals surface area contributed by atoms with Crippen LogP contribution in [0.1, 0.15) is 26.7 Å². The van der Waals surface area contributed by atoms with Gasteiger partial charge in [0.25, 0.3) is 0 Å². The number of fused-ring (bicyclic) bond motifs is 1. The van der Waals surface area contributed by atoms with Crippen molar-refractivity contribution in [2.24, 2.45) is 33.8 Å². The normalized spacial score (nSPS) is 67.1. The van der Waals surface area contributed by atoms with Crippen molar-refractivity contribution in [1.82, 2.24) is 0 Å². The van der Waals surface area contributed by atoms with E-state index in [0.717, 1.165) is 23.3 Å². The summed E-state index contributed by atoms with van der Waals surface area (Å²) < 4.78 is 0. The predicted octanol–water partition coefficient (Wildman–Crippen LogP) is 1.48. The van der Waals surface area contributed by atoms with Crippen molar-refractivity contribution in [2.75, 3.05) is 0 Å². The van der Waals surface area contributed by atoms with Gasteiger partial charge in [-0.3, -0.25) is 4.79 Å². The summed E-state index contributed by atoms with van der Waals surface area (Å²) in [5, 5.41) is 0.735. The Morgan fingerprint density at radius 2 is 2.11 bits per heavy atom. The van der Waals surface area contributed by atoms with Gasteiger partial charge in [0.1, 0.15) is 0 Å². The average molecular weight is 255 g/mol. The molecule has 3 heteroatoms. The van der Waals surface area contributed by atoms with Gasteiger partial charge in [0.15, 0.2) is 0 Å². The zero-order chi connectivity index (χ0) is 12.3. The number of hydrogen-bond donors (Lipinski definition) is 1. The predicted molar refractivity (Wildman–Crippen MR) is 70.4 cm³/mol. The van der Waals surface area contributed by atoms with Crippen molar-refractivity contribution >= 4 is 20.0 Å². The van der Waals surface area contributed by atoms with Crippen LogP contribution in [0.5, 0.6) is 0 Å². The minimum Gasteiger partial charge on any atom is -0.369 e. The first kappa shape index (κ1) is 9.24. The van der Waals surface area contributed by atoms with E-state index in [1.807, 2.05) is 0 Å². The number of hydrogen-bond acceptors (Lipinski definition) is 1. The van der Waals surface area contributed by atoms with Crippen LogP contribution in [0.2, 0.25) is 11.1 Å². The molecule has 92 valence electrons. The first-order chi connectivity index (χ1) is 8.54. The number of allylic oxidation sites excluding steroid dienone is 2. The van der Waals surface area contributed by atoms with Crippen LogP contribution in [0.3, 0.4) is 0 Å². The van der Waals surface area contributed by atoms with Gasteiger partial charge >= 0.3 is 0 Å². The standard InChI is InChI=1S/C15H17NOSi/c1-7-5-18(6-8(7)2)13-4-3-12(11(16)17)9-14(12)10(13)15(9,13)14/h5,9-10H,3-4,6H2,1-2H3,(H2,16,17). The molecule has 7 rings (SSSR count). The van der Waals surface area contributed by atoms with Crippen molar-refractivity contribution in [3.05, 3.63) is 11.1 Å². The van der Waals surface area contributed by atoms with Gasteiger partial charge in [-0.25, -0.2) is 0 Å². The summed E-state index contributed by atoms with van der Waals surface area (Å²) in [5.74, 6) is 1.76. The van der Waals surface area contributed by atoms with Gasteiger partial charge in [-0.1, -0.05) is 16.8 Å². The lowest BCUT2D eigenvalue weighted by Gasteiger charge is -2.40. The molecule has 1 amide bonds. The minimum absolute atomic E-state index is 0.0258. The third-order valence-electron chi connectivity index (χ3n) is 8.08. The van der Waals surface area contributed by atoms with Gasteiger partial charge in [-0.05, 0) is 55.0 Å². The summed E-state index contributed by atoms with van der Waals surface area (Å²) in [6, 6.07) is 1.39. The summed E-state index contributed by atoms with van der Waals surface area (Å²) in [5.41, 5.74) is 12.8. The highest BCUT2D eigenvalue weighted by Crippen LogP contribution is 3.36. The highest BCUT2D eigenvalue weighted by atomic mass is 28.2. The third kappa shape index (κ3) is 0.430. The molecule has 0 aromatic heterocycles. The zero-order valence-corrected chi connectivity index (χ0v) is 11.8. The van der Waals surface area contributed by atoms with E-state index in [1.165, 1.54) is 12.5 Å². The molecule has 1 aliphatic heterocycles. The van der Waals surface area contributed by atoms with Crippen molar-refractivity contribution in [1.29, 1.82) is 0 Å². The molecule has 2 nitrogen and oxygen atoms in total. The van der Waals surface area contributed by atoms with Crippen molar-refractivity contribution in [3.63, 3.8) is 0 Å². The topological polar surface area (TPSA) is 43.1 Å². The van der Waals surface area contributed by atoms with Crippen LogP contribution in [0.4, 0.5) is 0 Å². The second-order valence-corrected chi connectivity index (χ2v) is 10.3. The fourth-order valence-electron chi connectivity index (χ4n) is 7.60. The van der Waals surface area contributed by atoms with E-state index < -0.39 is 0 Å². The van der Waals surface area contributed by atoms with Gasteiger partial charge in [-0.2, -0.15) is 0 Å². The molecule has 18 heavy (non-hydrogen) atoms. The van der Waals surface area contributed by atoms with Gasteiger partial charge in [0.2, 0.25) is 5.91 Å². The molecule has 6 aliphatic carbocycles. The smallest absolute Gasteiger partial charge is 0.224 e. The molecule has 2 bridgehead atoms. The Morgan fingerprint density at radius 1 is 1.33 bits per heavy atom. The highest BCUT2D eigenvalue weighted by molar-refractivity contribution is 6.75. The number of primary amides is 1. The van der Waals surface area contributed by atoms with Crippen LogP contribution in [0, 0.1) is 28.1 Å². The summed E-state index contributed by atoms with van der Waals surface area (Å²) >= 11 is 0. The molecule has 6 atom stereocenters. The van der Waals surface area contributed by atoms with E-state index in [4.69, 9.17) is 5.73 Å². The number of nitrogens with two attached hydrogens (primary N) is 1. The molecule has 1 heterocycles. The van der Waals surface area contributed by atoms with Crippen molar-refractivity contribution in [2.45, 2.75) is 37.8 Å². The fourth-order valence-corrected chi connectivity index (χ4v) is 12.1. The van der Waals surface area contributed by atoms with Crippen LogP contribution >= 0.6 is 0 Å². The monoisotopic (exact) mass is 255 g/mol. The molecular weight excluding hydrogens is 238 g/mol. The molecule has 2 spiro atoms. The minimum atomic E-state index is -0.313. The maximum atomic E-state index is 11.7. The number of rotatable bonds is 2. The lowest BCUT2D eigenvalue weighted by atomic mass is 9.72. The van der Waals surface area contributed by atoms with Crippen molar-refractivity contribution < 1.29 is 4.79 Å².